The van der Waals surface area contributed by atoms with Crippen molar-refractivity contribution in [3.63, 3.8) is 0 Å². The van der Waals surface area contributed by atoms with Crippen molar-refractivity contribution >= 4 is 35.0 Å². The molecule has 1 fully saturated rings. The molecule has 0 aliphatic carbocycles. The van der Waals surface area contributed by atoms with Gasteiger partial charge in [-0.1, -0.05) is 11.6 Å². The molecule has 6 heteroatoms. The molecule has 0 radical (unpaired) electrons. The third kappa shape index (κ3) is 2.75. The minimum absolute atomic E-state index is 0.424. The van der Waals surface area contributed by atoms with Gasteiger partial charge in [0.05, 0.1) is 11.2 Å². The smallest absolute Gasteiger partial charge is 0.399 e. The normalized spacial score (nSPS) is 22.5. The molecular formula is C13H18BClO3S. The Hall–Kier alpha value is -0.355. The average Bonchev–Trinajstić information content (AvgIpc) is 2.47. The highest BCUT2D eigenvalue weighted by Gasteiger charge is 2.52. The van der Waals surface area contributed by atoms with Crippen molar-refractivity contribution < 1.29 is 13.5 Å². The van der Waals surface area contributed by atoms with Gasteiger partial charge >= 0.3 is 7.12 Å². The first kappa shape index (κ1) is 15.0. The van der Waals surface area contributed by atoms with E-state index in [1.54, 1.807) is 24.5 Å². The Morgan fingerprint density at radius 3 is 2.16 bits per heavy atom. The first-order valence-corrected chi connectivity index (χ1v) is 8.06. The van der Waals surface area contributed by atoms with Gasteiger partial charge in [-0.2, -0.15) is 0 Å². The standard InChI is InChI=1S/C13H18BClO3S/c1-12(2)13(3,4)18-14(17-12)10-8-9(15)6-7-11(10)19(5)16/h6-8H,1-5H3. The molecule has 1 heterocycles. The summed E-state index contributed by atoms with van der Waals surface area (Å²) in [5.41, 5.74) is -0.106. The molecule has 19 heavy (non-hydrogen) atoms. The Bertz CT molecular complexity index is 515. The van der Waals surface area contributed by atoms with Gasteiger partial charge in [-0.15, -0.1) is 0 Å². The van der Waals surface area contributed by atoms with Gasteiger partial charge in [0.1, 0.15) is 0 Å². The van der Waals surface area contributed by atoms with Crippen LogP contribution >= 0.6 is 11.6 Å². The van der Waals surface area contributed by atoms with E-state index in [-0.39, 0.29) is 0 Å². The Kier molecular flexibility index (Phi) is 3.86. The molecule has 0 aromatic heterocycles. The molecule has 1 aliphatic heterocycles. The lowest BCUT2D eigenvalue weighted by atomic mass is 9.79. The van der Waals surface area contributed by atoms with Crippen LogP contribution in [0.15, 0.2) is 23.1 Å². The van der Waals surface area contributed by atoms with E-state index < -0.39 is 29.1 Å². The van der Waals surface area contributed by atoms with Crippen LogP contribution in [0.1, 0.15) is 27.7 Å². The van der Waals surface area contributed by atoms with E-state index >= 15 is 0 Å². The Balaban J connectivity index is 2.44. The van der Waals surface area contributed by atoms with Crippen LogP contribution in [-0.2, 0) is 20.1 Å². The maximum atomic E-state index is 11.8. The third-order valence-corrected chi connectivity index (χ3v) is 5.01. The van der Waals surface area contributed by atoms with Gasteiger partial charge in [-0.3, -0.25) is 4.21 Å². The summed E-state index contributed by atoms with van der Waals surface area (Å²) in [6.45, 7) is 7.94. The van der Waals surface area contributed by atoms with E-state index in [2.05, 4.69) is 0 Å². The number of hydrogen-bond donors (Lipinski definition) is 0. The van der Waals surface area contributed by atoms with Crippen LogP contribution in [0.3, 0.4) is 0 Å². The van der Waals surface area contributed by atoms with Crippen molar-refractivity contribution in [1.82, 2.24) is 0 Å². The Morgan fingerprint density at radius 2 is 1.68 bits per heavy atom. The molecule has 1 aromatic carbocycles. The second-order valence-corrected chi connectivity index (χ2v) is 7.51. The summed E-state index contributed by atoms with van der Waals surface area (Å²) in [6.07, 6.45) is 1.64. The largest absolute Gasteiger partial charge is 0.496 e. The van der Waals surface area contributed by atoms with E-state index in [9.17, 15) is 4.21 Å². The van der Waals surface area contributed by atoms with E-state index in [1.165, 1.54) is 0 Å². The van der Waals surface area contributed by atoms with Crippen LogP contribution in [-0.4, -0.2) is 28.8 Å². The fraction of sp³-hybridized carbons (Fsp3) is 0.538. The highest BCUT2D eigenvalue weighted by molar-refractivity contribution is 7.84. The fourth-order valence-corrected chi connectivity index (χ4v) is 2.86. The summed E-state index contributed by atoms with van der Waals surface area (Å²) in [4.78, 5) is 0.697. The summed E-state index contributed by atoms with van der Waals surface area (Å²) in [5.74, 6) is 0. The lowest BCUT2D eigenvalue weighted by Gasteiger charge is -2.32. The molecule has 0 spiro atoms. The van der Waals surface area contributed by atoms with E-state index in [0.29, 0.717) is 9.92 Å². The molecule has 0 amide bonds. The fourth-order valence-electron chi connectivity index (χ4n) is 1.94. The average molecular weight is 301 g/mol. The van der Waals surface area contributed by atoms with Crippen molar-refractivity contribution in [2.24, 2.45) is 0 Å². The van der Waals surface area contributed by atoms with Crippen molar-refractivity contribution in [2.75, 3.05) is 6.26 Å². The van der Waals surface area contributed by atoms with Gasteiger partial charge in [0, 0.05) is 32.4 Å². The molecule has 2 rings (SSSR count). The first-order chi connectivity index (χ1) is 8.64. The van der Waals surface area contributed by atoms with E-state index in [1.807, 2.05) is 27.7 Å². The molecular weight excluding hydrogens is 282 g/mol. The zero-order valence-corrected chi connectivity index (χ0v) is 13.4. The number of benzene rings is 1. The van der Waals surface area contributed by atoms with Crippen LogP contribution in [0.5, 0.6) is 0 Å². The van der Waals surface area contributed by atoms with E-state index in [0.717, 1.165) is 5.46 Å². The molecule has 0 bridgehead atoms. The van der Waals surface area contributed by atoms with Gasteiger partial charge < -0.3 is 9.31 Å². The van der Waals surface area contributed by atoms with Crippen LogP contribution in [0.4, 0.5) is 0 Å². The molecule has 3 nitrogen and oxygen atoms in total. The van der Waals surface area contributed by atoms with Crippen LogP contribution in [0.25, 0.3) is 0 Å². The lowest BCUT2D eigenvalue weighted by molar-refractivity contribution is 0.00578. The molecule has 104 valence electrons. The monoisotopic (exact) mass is 300 g/mol. The second kappa shape index (κ2) is 4.88. The molecule has 1 aromatic rings. The number of rotatable bonds is 2. The summed E-state index contributed by atoms with van der Waals surface area (Å²) < 4.78 is 23.8. The topological polar surface area (TPSA) is 35.5 Å². The molecule has 0 N–H and O–H groups in total. The Morgan fingerprint density at radius 1 is 1.16 bits per heavy atom. The van der Waals surface area contributed by atoms with E-state index in [4.69, 9.17) is 20.9 Å². The van der Waals surface area contributed by atoms with Gasteiger partial charge in [-0.25, -0.2) is 0 Å². The number of hydrogen-bond acceptors (Lipinski definition) is 3. The van der Waals surface area contributed by atoms with Crippen molar-refractivity contribution in [3.8, 4) is 0 Å². The lowest BCUT2D eigenvalue weighted by Crippen LogP contribution is -2.41. The maximum absolute atomic E-state index is 11.8. The number of halogens is 1. The third-order valence-electron chi connectivity index (χ3n) is 3.79. The summed E-state index contributed by atoms with van der Waals surface area (Å²) in [6, 6.07) is 5.26. The van der Waals surface area contributed by atoms with Crippen LogP contribution in [0, 0.1) is 0 Å². The summed E-state index contributed by atoms with van der Waals surface area (Å²) in [7, 11) is -1.65. The zero-order valence-electron chi connectivity index (χ0n) is 11.8. The quantitative estimate of drug-likeness (QED) is 0.787. The van der Waals surface area contributed by atoms with Gasteiger partial charge in [-0.05, 0) is 45.9 Å². The van der Waals surface area contributed by atoms with Crippen molar-refractivity contribution in [2.45, 2.75) is 43.8 Å². The molecule has 1 aliphatic rings. The van der Waals surface area contributed by atoms with Crippen LogP contribution in [0.2, 0.25) is 5.02 Å². The zero-order chi connectivity index (χ0) is 14.4. The Labute approximate surface area is 122 Å². The molecule has 0 saturated carbocycles. The molecule has 1 unspecified atom stereocenters. The van der Waals surface area contributed by atoms with Gasteiger partial charge in [0.25, 0.3) is 0 Å². The predicted molar refractivity (Wildman–Crippen MR) is 79.5 cm³/mol. The predicted octanol–water partition coefficient (Wildman–Crippen LogP) is 2.38. The first-order valence-electron chi connectivity index (χ1n) is 6.12. The molecule has 1 atom stereocenters. The summed E-state index contributed by atoms with van der Waals surface area (Å²) >= 11 is 6.03. The highest BCUT2D eigenvalue weighted by atomic mass is 35.5. The minimum atomic E-state index is -1.11. The summed E-state index contributed by atoms with van der Waals surface area (Å²) in [5, 5.41) is 0.582. The van der Waals surface area contributed by atoms with Crippen LogP contribution < -0.4 is 5.46 Å². The minimum Gasteiger partial charge on any atom is -0.399 e. The SMILES string of the molecule is CS(=O)c1ccc(Cl)cc1B1OC(C)(C)C(C)(C)O1. The van der Waals surface area contributed by atoms with Crippen molar-refractivity contribution in [3.05, 3.63) is 23.2 Å². The second-order valence-electron chi connectivity index (χ2n) is 5.72. The molecule has 1 saturated heterocycles. The van der Waals surface area contributed by atoms with Gasteiger partial charge in [0.2, 0.25) is 0 Å². The highest BCUT2D eigenvalue weighted by Crippen LogP contribution is 2.37. The maximum Gasteiger partial charge on any atom is 0.496 e. The van der Waals surface area contributed by atoms with Crippen molar-refractivity contribution in [1.29, 1.82) is 0 Å². The van der Waals surface area contributed by atoms with Gasteiger partial charge in [0.15, 0.2) is 0 Å².